The number of aliphatic hydroxyl groups excluding tert-OH is 1. The number of nitrogens with one attached hydrogen (secondary N) is 1. The number of aliphatic hydroxyl groups is 1. The van der Waals surface area contributed by atoms with Gasteiger partial charge in [0.2, 0.25) is 0 Å². The van der Waals surface area contributed by atoms with Crippen molar-refractivity contribution < 1.29 is 33.0 Å². The summed E-state index contributed by atoms with van der Waals surface area (Å²) in [6, 6.07) is 7.41. The Morgan fingerprint density at radius 3 is 2.37 bits per heavy atom. The maximum atomic E-state index is 13.9. The molecule has 3 rings (SSSR count). The molecule has 2 aromatic heterocycles. The van der Waals surface area contributed by atoms with Crippen LogP contribution in [0, 0.1) is 6.92 Å². The van der Waals surface area contributed by atoms with E-state index in [-0.39, 0.29) is 11.9 Å². The number of ether oxygens (including phenoxy) is 2. The lowest BCUT2D eigenvalue weighted by molar-refractivity contribution is -0.149. The highest BCUT2D eigenvalue weighted by atomic mass is 31.2. The van der Waals surface area contributed by atoms with Crippen LogP contribution in [0.4, 0.5) is 0 Å². The Labute approximate surface area is 222 Å². The highest BCUT2D eigenvalue weighted by Crippen LogP contribution is 2.47. The molecular weight excluding hydrogens is 513 g/mol. The van der Waals surface area contributed by atoms with Crippen molar-refractivity contribution in [1.82, 2.24) is 24.6 Å². The highest BCUT2D eigenvalue weighted by Gasteiger charge is 2.38. The lowest BCUT2D eigenvalue weighted by Gasteiger charge is -2.32. The van der Waals surface area contributed by atoms with Gasteiger partial charge < -0.3 is 19.1 Å². The number of para-hydroxylation sites is 1. The van der Waals surface area contributed by atoms with Crippen molar-refractivity contribution in [3.8, 4) is 5.75 Å². The standard InChI is InChI=1S/C25H36N5O7P/c1-15(2)34-25(32)17(4)29-38(33,37-21-11-9-8-10-12-21)36-19(6)23(18(5)31)35-20(7)30-14-28-22-16(3)26-13-27-24(22)30/h8-15,17-20,23,31H,1-7H3,(H,29,33)/t17?,18?,19?,20?,23-,38?/m0/s1. The van der Waals surface area contributed by atoms with Gasteiger partial charge >= 0.3 is 13.7 Å². The molecule has 0 spiro atoms. The molecular formula is C25H36N5O7P. The fraction of sp³-hybridized carbons (Fsp3) is 0.520. The van der Waals surface area contributed by atoms with E-state index in [0.717, 1.165) is 5.69 Å². The Morgan fingerprint density at radius 2 is 1.74 bits per heavy atom. The van der Waals surface area contributed by atoms with E-state index in [2.05, 4.69) is 20.0 Å². The molecule has 1 aromatic carbocycles. The summed E-state index contributed by atoms with van der Waals surface area (Å²) < 4.78 is 38.6. The molecule has 2 N–H and O–H groups in total. The number of aryl methyl sites for hydroxylation is 1. The van der Waals surface area contributed by atoms with E-state index < -0.39 is 44.3 Å². The summed E-state index contributed by atoms with van der Waals surface area (Å²) in [5.41, 5.74) is 1.92. The first-order chi connectivity index (χ1) is 17.9. The van der Waals surface area contributed by atoms with E-state index >= 15 is 0 Å². The first-order valence-electron chi connectivity index (χ1n) is 12.4. The van der Waals surface area contributed by atoms with Crippen LogP contribution in [0.25, 0.3) is 11.2 Å². The summed E-state index contributed by atoms with van der Waals surface area (Å²) in [5.74, 6) is -0.350. The molecule has 208 valence electrons. The van der Waals surface area contributed by atoms with E-state index in [0.29, 0.717) is 11.2 Å². The third-order valence-electron chi connectivity index (χ3n) is 5.56. The van der Waals surface area contributed by atoms with Gasteiger partial charge in [0, 0.05) is 0 Å². The minimum absolute atomic E-state index is 0.266. The first kappa shape index (κ1) is 29.7. The van der Waals surface area contributed by atoms with Crippen LogP contribution in [-0.2, 0) is 23.4 Å². The Kier molecular flexibility index (Phi) is 9.97. The lowest BCUT2D eigenvalue weighted by Crippen LogP contribution is -2.42. The highest BCUT2D eigenvalue weighted by molar-refractivity contribution is 7.52. The van der Waals surface area contributed by atoms with Crippen LogP contribution in [0.5, 0.6) is 5.75 Å². The molecule has 6 atom stereocenters. The van der Waals surface area contributed by atoms with Gasteiger partial charge in [-0.25, -0.2) is 19.5 Å². The monoisotopic (exact) mass is 549 g/mol. The zero-order valence-corrected chi connectivity index (χ0v) is 23.5. The van der Waals surface area contributed by atoms with Crippen molar-refractivity contribution in [2.45, 2.75) is 85.2 Å². The number of imidazole rings is 1. The van der Waals surface area contributed by atoms with E-state index in [9.17, 15) is 14.5 Å². The lowest BCUT2D eigenvalue weighted by atomic mass is 10.1. The van der Waals surface area contributed by atoms with Crippen LogP contribution < -0.4 is 9.61 Å². The molecule has 0 aliphatic heterocycles. The van der Waals surface area contributed by atoms with Gasteiger partial charge in [-0.1, -0.05) is 18.2 Å². The van der Waals surface area contributed by atoms with Gasteiger partial charge in [0.25, 0.3) is 0 Å². The Morgan fingerprint density at radius 1 is 1.05 bits per heavy atom. The number of carbonyl (C=O) groups excluding carboxylic acids is 1. The first-order valence-corrected chi connectivity index (χ1v) is 13.9. The second-order valence-corrected chi connectivity index (χ2v) is 10.9. The molecule has 0 radical (unpaired) electrons. The van der Waals surface area contributed by atoms with Crippen molar-refractivity contribution in [2.75, 3.05) is 0 Å². The number of rotatable bonds is 13. The number of esters is 1. The summed E-state index contributed by atoms with van der Waals surface area (Å²) in [4.78, 5) is 25.2. The Hall–Kier alpha value is -2.89. The van der Waals surface area contributed by atoms with Gasteiger partial charge in [0.1, 0.15) is 36.0 Å². The van der Waals surface area contributed by atoms with Crippen molar-refractivity contribution in [3.05, 3.63) is 48.7 Å². The molecule has 0 fully saturated rings. The van der Waals surface area contributed by atoms with Gasteiger partial charge in [-0.3, -0.25) is 13.9 Å². The number of hydrogen-bond donors (Lipinski definition) is 2. The number of carbonyl (C=O) groups is 1. The van der Waals surface area contributed by atoms with Crippen LogP contribution in [-0.4, -0.2) is 61.1 Å². The molecule has 0 saturated heterocycles. The maximum Gasteiger partial charge on any atom is 0.459 e. The quantitative estimate of drug-likeness (QED) is 0.236. The number of hydrogen-bond acceptors (Lipinski definition) is 10. The van der Waals surface area contributed by atoms with Crippen LogP contribution in [0.2, 0.25) is 0 Å². The van der Waals surface area contributed by atoms with E-state index in [1.807, 2.05) is 6.92 Å². The van der Waals surface area contributed by atoms with Gasteiger partial charge in [-0.05, 0) is 60.6 Å². The third-order valence-corrected chi connectivity index (χ3v) is 7.32. The van der Waals surface area contributed by atoms with E-state index in [1.54, 1.807) is 68.9 Å². The average molecular weight is 550 g/mol. The molecule has 12 nitrogen and oxygen atoms in total. The molecule has 13 heteroatoms. The van der Waals surface area contributed by atoms with Crippen molar-refractivity contribution in [3.63, 3.8) is 0 Å². The Balaban J connectivity index is 1.82. The van der Waals surface area contributed by atoms with Gasteiger partial charge in [0.15, 0.2) is 5.65 Å². The summed E-state index contributed by atoms with van der Waals surface area (Å²) in [6.45, 7) is 11.7. The molecule has 5 unspecified atom stereocenters. The fourth-order valence-corrected chi connectivity index (χ4v) is 5.44. The molecule has 0 saturated carbocycles. The summed E-state index contributed by atoms with van der Waals surface area (Å²) in [6.07, 6.45) is -0.876. The summed E-state index contributed by atoms with van der Waals surface area (Å²) >= 11 is 0. The largest absolute Gasteiger partial charge is 0.462 e. The predicted molar refractivity (Wildman–Crippen MR) is 140 cm³/mol. The zero-order chi connectivity index (χ0) is 28.0. The molecule has 38 heavy (non-hydrogen) atoms. The minimum Gasteiger partial charge on any atom is -0.462 e. The Bertz CT molecular complexity index is 1250. The molecule has 0 bridgehead atoms. The molecule has 2 heterocycles. The minimum atomic E-state index is -4.18. The summed E-state index contributed by atoms with van der Waals surface area (Å²) in [5, 5.41) is 13.2. The van der Waals surface area contributed by atoms with Crippen LogP contribution in [0.1, 0.15) is 53.5 Å². The SMILES string of the molecule is Cc1ncnc2c1ncn2C(C)O[C@@H](C(C)O)C(C)OP(=O)(NC(C)C(=O)OC(C)C)Oc1ccccc1. The normalized spacial score (nSPS) is 17.4. The maximum absolute atomic E-state index is 13.9. The zero-order valence-electron chi connectivity index (χ0n) is 22.6. The van der Waals surface area contributed by atoms with Gasteiger partial charge in [-0.2, -0.15) is 5.09 Å². The van der Waals surface area contributed by atoms with E-state index in [1.165, 1.54) is 20.2 Å². The van der Waals surface area contributed by atoms with Gasteiger partial charge in [0.05, 0.1) is 30.3 Å². The number of fused-ring (bicyclic) bond motifs is 1. The summed E-state index contributed by atoms with van der Waals surface area (Å²) in [7, 11) is -4.18. The van der Waals surface area contributed by atoms with Crippen molar-refractivity contribution in [2.24, 2.45) is 0 Å². The number of benzene rings is 1. The number of nitrogens with zero attached hydrogens (tertiary/aromatic N) is 4. The van der Waals surface area contributed by atoms with Crippen LogP contribution in [0.3, 0.4) is 0 Å². The predicted octanol–water partition coefficient (Wildman–Crippen LogP) is 3.94. The fourth-order valence-electron chi connectivity index (χ4n) is 3.75. The second kappa shape index (κ2) is 12.8. The van der Waals surface area contributed by atoms with Gasteiger partial charge in [-0.15, -0.1) is 0 Å². The molecule has 3 aromatic rings. The molecule has 0 amide bonds. The smallest absolute Gasteiger partial charge is 0.459 e. The van der Waals surface area contributed by atoms with Crippen molar-refractivity contribution in [1.29, 1.82) is 0 Å². The number of aromatic nitrogens is 4. The third kappa shape index (κ3) is 7.58. The average Bonchev–Trinajstić information content (AvgIpc) is 3.27. The van der Waals surface area contributed by atoms with Crippen LogP contribution >= 0.6 is 7.75 Å². The van der Waals surface area contributed by atoms with Crippen molar-refractivity contribution >= 4 is 24.9 Å². The topological polar surface area (TPSA) is 147 Å². The van der Waals surface area contributed by atoms with E-state index in [4.69, 9.17) is 18.5 Å². The molecule has 0 aliphatic rings. The molecule has 0 aliphatic carbocycles. The second-order valence-electron chi connectivity index (χ2n) is 9.27. The van der Waals surface area contributed by atoms with Crippen LogP contribution in [0.15, 0.2) is 43.0 Å².